The van der Waals surface area contributed by atoms with Crippen molar-refractivity contribution in [3.8, 4) is 11.5 Å². The lowest BCUT2D eigenvalue weighted by Crippen LogP contribution is -2.18. The van der Waals surface area contributed by atoms with Gasteiger partial charge in [-0.05, 0) is 6.07 Å². The third kappa shape index (κ3) is 4.54. The van der Waals surface area contributed by atoms with Crippen molar-refractivity contribution in [3.05, 3.63) is 23.8 Å². The van der Waals surface area contributed by atoms with Crippen molar-refractivity contribution in [2.45, 2.75) is 13.2 Å². The van der Waals surface area contributed by atoms with Gasteiger partial charge in [0.15, 0.2) is 0 Å². The molecule has 96 valence electrons. The Balaban J connectivity index is 2.78. The van der Waals surface area contributed by atoms with Crippen LogP contribution in [0.1, 0.15) is 5.56 Å². The largest absolute Gasteiger partial charge is 0.497 e. The van der Waals surface area contributed by atoms with Crippen molar-refractivity contribution < 1.29 is 23.4 Å². The van der Waals surface area contributed by atoms with Crippen molar-refractivity contribution >= 4 is 0 Å². The molecule has 0 heterocycles. The molecule has 0 atom stereocenters. The number of halogens is 2. The van der Waals surface area contributed by atoms with Crippen LogP contribution in [0.25, 0.3) is 0 Å². The zero-order chi connectivity index (χ0) is 12.7. The number of hydrogen-bond acceptors (Lipinski definition) is 4. The van der Waals surface area contributed by atoms with Crippen molar-refractivity contribution in [2.24, 2.45) is 0 Å². The zero-order valence-electron chi connectivity index (χ0n) is 9.45. The van der Waals surface area contributed by atoms with Gasteiger partial charge in [0, 0.05) is 24.7 Å². The van der Waals surface area contributed by atoms with Gasteiger partial charge in [-0.3, -0.25) is 0 Å². The summed E-state index contributed by atoms with van der Waals surface area (Å²) in [6, 6.07) is 4.71. The van der Waals surface area contributed by atoms with Gasteiger partial charge in [-0.2, -0.15) is 8.78 Å². The molecule has 2 N–H and O–H groups in total. The number of methoxy groups -OCH3 is 1. The van der Waals surface area contributed by atoms with Gasteiger partial charge in [0.1, 0.15) is 11.5 Å². The monoisotopic (exact) mass is 247 g/mol. The summed E-state index contributed by atoms with van der Waals surface area (Å²) in [5, 5.41) is 11.5. The van der Waals surface area contributed by atoms with Gasteiger partial charge >= 0.3 is 6.61 Å². The van der Waals surface area contributed by atoms with Crippen LogP contribution in [0.3, 0.4) is 0 Å². The zero-order valence-corrected chi connectivity index (χ0v) is 9.45. The lowest BCUT2D eigenvalue weighted by Gasteiger charge is -2.12. The number of benzene rings is 1. The highest BCUT2D eigenvalue weighted by molar-refractivity contribution is 5.40. The Bertz CT molecular complexity index is 347. The second kappa shape index (κ2) is 7.03. The SMILES string of the molecule is COc1ccc(CNCCO)c(OC(F)F)c1. The molecule has 1 rings (SSSR count). The first-order valence-corrected chi connectivity index (χ1v) is 5.10. The Morgan fingerprint density at radius 2 is 2.18 bits per heavy atom. The van der Waals surface area contributed by atoms with Gasteiger partial charge in [0.25, 0.3) is 0 Å². The van der Waals surface area contributed by atoms with Gasteiger partial charge < -0.3 is 19.9 Å². The average molecular weight is 247 g/mol. The maximum absolute atomic E-state index is 12.2. The Hall–Kier alpha value is -1.40. The van der Waals surface area contributed by atoms with E-state index in [9.17, 15) is 8.78 Å². The minimum Gasteiger partial charge on any atom is -0.497 e. The number of aliphatic hydroxyl groups excluding tert-OH is 1. The maximum atomic E-state index is 12.2. The summed E-state index contributed by atoms with van der Waals surface area (Å²) in [7, 11) is 1.45. The number of nitrogens with one attached hydrogen (secondary N) is 1. The van der Waals surface area contributed by atoms with Crippen molar-refractivity contribution in [2.75, 3.05) is 20.3 Å². The number of hydrogen-bond donors (Lipinski definition) is 2. The third-order valence-electron chi connectivity index (χ3n) is 2.09. The highest BCUT2D eigenvalue weighted by atomic mass is 19.3. The second-order valence-electron chi connectivity index (χ2n) is 3.25. The fourth-order valence-electron chi connectivity index (χ4n) is 1.32. The molecule has 0 amide bonds. The first kappa shape index (κ1) is 13.7. The molecule has 6 heteroatoms. The van der Waals surface area contributed by atoms with Crippen molar-refractivity contribution in [1.82, 2.24) is 5.32 Å². The lowest BCUT2D eigenvalue weighted by atomic mass is 10.2. The van der Waals surface area contributed by atoms with Crippen LogP contribution in [0.2, 0.25) is 0 Å². The maximum Gasteiger partial charge on any atom is 0.387 e. The Kier molecular flexibility index (Phi) is 5.65. The fourth-order valence-corrected chi connectivity index (χ4v) is 1.32. The molecule has 0 aromatic heterocycles. The molecule has 0 radical (unpaired) electrons. The minimum absolute atomic E-state index is 0.0127. The minimum atomic E-state index is -2.88. The first-order chi connectivity index (χ1) is 8.17. The Morgan fingerprint density at radius 1 is 1.41 bits per heavy atom. The number of alkyl halides is 2. The Labute approximate surface area is 98.2 Å². The molecule has 0 aliphatic heterocycles. The fraction of sp³-hybridized carbons (Fsp3) is 0.455. The molecule has 0 aliphatic carbocycles. The predicted molar refractivity (Wildman–Crippen MR) is 58.4 cm³/mol. The molecule has 0 saturated heterocycles. The second-order valence-corrected chi connectivity index (χ2v) is 3.25. The summed E-state index contributed by atoms with van der Waals surface area (Å²) in [4.78, 5) is 0. The lowest BCUT2D eigenvalue weighted by molar-refractivity contribution is -0.0505. The van der Waals surface area contributed by atoms with Crippen LogP contribution in [-0.4, -0.2) is 32.0 Å². The number of ether oxygens (including phenoxy) is 2. The van der Waals surface area contributed by atoms with Gasteiger partial charge in [0.2, 0.25) is 0 Å². The molecule has 0 saturated carbocycles. The molecule has 17 heavy (non-hydrogen) atoms. The van der Waals surface area contributed by atoms with E-state index < -0.39 is 6.61 Å². The van der Waals surface area contributed by atoms with E-state index in [-0.39, 0.29) is 12.4 Å². The smallest absolute Gasteiger partial charge is 0.387 e. The van der Waals surface area contributed by atoms with E-state index in [1.54, 1.807) is 12.1 Å². The quantitative estimate of drug-likeness (QED) is 0.715. The molecule has 0 aliphatic rings. The van der Waals surface area contributed by atoms with E-state index in [1.165, 1.54) is 13.2 Å². The Morgan fingerprint density at radius 3 is 2.76 bits per heavy atom. The van der Waals surface area contributed by atoms with Gasteiger partial charge in [0.05, 0.1) is 13.7 Å². The topological polar surface area (TPSA) is 50.7 Å². The summed E-state index contributed by atoms with van der Waals surface area (Å²) in [5.41, 5.74) is 0.583. The molecule has 0 bridgehead atoms. The summed E-state index contributed by atoms with van der Waals surface area (Å²) < 4.78 is 33.7. The summed E-state index contributed by atoms with van der Waals surface area (Å²) >= 11 is 0. The molecule has 1 aromatic carbocycles. The van der Waals surface area contributed by atoms with Crippen molar-refractivity contribution in [1.29, 1.82) is 0 Å². The van der Waals surface area contributed by atoms with Crippen LogP contribution in [0.15, 0.2) is 18.2 Å². The molecular formula is C11H15F2NO3. The number of aliphatic hydroxyl groups is 1. The van der Waals surface area contributed by atoms with E-state index in [4.69, 9.17) is 9.84 Å². The van der Waals surface area contributed by atoms with E-state index in [2.05, 4.69) is 10.1 Å². The van der Waals surface area contributed by atoms with Crippen LogP contribution >= 0.6 is 0 Å². The predicted octanol–water partition coefficient (Wildman–Crippen LogP) is 1.38. The van der Waals surface area contributed by atoms with E-state index in [0.717, 1.165) is 0 Å². The van der Waals surface area contributed by atoms with Crippen LogP contribution in [0.5, 0.6) is 11.5 Å². The van der Waals surface area contributed by atoms with Crippen LogP contribution in [-0.2, 0) is 6.54 Å². The summed E-state index contributed by atoms with van der Waals surface area (Å²) in [6.07, 6.45) is 0. The molecule has 0 fully saturated rings. The first-order valence-electron chi connectivity index (χ1n) is 5.10. The summed E-state index contributed by atoms with van der Waals surface area (Å²) in [6.45, 7) is -2.16. The average Bonchev–Trinajstić information content (AvgIpc) is 2.30. The van der Waals surface area contributed by atoms with Crippen LogP contribution < -0.4 is 14.8 Å². The van der Waals surface area contributed by atoms with E-state index in [1.807, 2.05) is 0 Å². The van der Waals surface area contributed by atoms with Crippen molar-refractivity contribution in [3.63, 3.8) is 0 Å². The molecule has 0 spiro atoms. The van der Waals surface area contributed by atoms with E-state index >= 15 is 0 Å². The van der Waals surface area contributed by atoms with Gasteiger partial charge in [-0.15, -0.1) is 0 Å². The normalized spacial score (nSPS) is 10.6. The summed E-state index contributed by atoms with van der Waals surface area (Å²) in [5.74, 6) is 0.524. The third-order valence-corrected chi connectivity index (χ3v) is 2.09. The molecular weight excluding hydrogens is 232 g/mol. The standard InChI is InChI=1S/C11H15F2NO3/c1-16-9-3-2-8(7-14-4-5-15)10(6-9)17-11(12)13/h2-3,6,11,14-15H,4-5,7H2,1H3. The van der Waals surface area contributed by atoms with Gasteiger partial charge in [-0.1, -0.05) is 6.07 Å². The van der Waals surface area contributed by atoms with Crippen LogP contribution in [0, 0.1) is 0 Å². The van der Waals surface area contributed by atoms with Gasteiger partial charge in [-0.25, -0.2) is 0 Å². The van der Waals surface area contributed by atoms with E-state index in [0.29, 0.717) is 24.4 Å². The number of rotatable bonds is 7. The highest BCUT2D eigenvalue weighted by Crippen LogP contribution is 2.26. The molecule has 0 unspecified atom stereocenters. The molecule has 1 aromatic rings. The van der Waals surface area contributed by atoms with Crippen LogP contribution in [0.4, 0.5) is 8.78 Å². The molecule has 4 nitrogen and oxygen atoms in total. The highest BCUT2D eigenvalue weighted by Gasteiger charge is 2.10.